The molecule has 5 aromatic carbocycles. The van der Waals surface area contributed by atoms with Gasteiger partial charge in [0.05, 0.1) is 0 Å². The zero-order valence-electron chi connectivity index (χ0n) is 49.0. The van der Waals surface area contributed by atoms with Crippen LogP contribution >= 0.6 is 67.5 Å². The maximum absolute atomic E-state index is 2.46. The SMILES string of the molecule is CC/C=C\CC/C=C\CCCC(CC/C=C\CC/C=C\CCCC(CCCC(CCC(CCCCC(CC)c1ccccc1)c1ccccc1)c1ccccc1)c1ccccc1)c1ccccc1.O.O.O.S.S.S.S.S.[B].[B].[B].[B]. The summed E-state index contributed by atoms with van der Waals surface area (Å²) in [6, 6.07) is 56.8. The largest absolute Gasteiger partial charge is 0.412 e. The molecule has 0 saturated heterocycles. The van der Waals surface area contributed by atoms with Gasteiger partial charge in [0.2, 0.25) is 0 Å². The summed E-state index contributed by atoms with van der Waals surface area (Å²) in [6.07, 6.45) is 47.4. The summed E-state index contributed by atoms with van der Waals surface area (Å²) < 4.78 is 0. The van der Waals surface area contributed by atoms with Crippen molar-refractivity contribution in [2.75, 3.05) is 0 Å². The molecule has 438 valence electrons. The number of rotatable bonds is 36. The highest BCUT2D eigenvalue weighted by Crippen LogP contribution is 2.37. The van der Waals surface area contributed by atoms with Crippen molar-refractivity contribution < 1.29 is 16.4 Å². The summed E-state index contributed by atoms with van der Waals surface area (Å²) in [5.41, 5.74) is 7.60. The Hall–Kier alpha value is -3.05. The van der Waals surface area contributed by atoms with Gasteiger partial charge in [0, 0.05) is 33.7 Å². The van der Waals surface area contributed by atoms with Crippen molar-refractivity contribution in [3.63, 3.8) is 0 Å². The smallest absolute Gasteiger partial charge is 0 e. The number of hydrogen-bond donors (Lipinski definition) is 0. The van der Waals surface area contributed by atoms with Crippen LogP contribution in [-0.2, 0) is 0 Å². The van der Waals surface area contributed by atoms with Crippen LogP contribution in [0.4, 0.5) is 0 Å². The lowest BCUT2D eigenvalue weighted by atomic mass is 9.81. The summed E-state index contributed by atoms with van der Waals surface area (Å²) in [5.74, 6) is 3.17. The first kappa shape index (κ1) is 93.4. The highest BCUT2D eigenvalue weighted by Gasteiger charge is 2.19. The molecule has 0 spiro atoms. The number of allylic oxidation sites excluding steroid dienone is 8. The molecule has 0 aliphatic carbocycles. The van der Waals surface area contributed by atoms with Crippen LogP contribution < -0.4 is 0 Å². The van der Waals surface area contributed by atoms with Gasteiger partial charge in [-0.15, -0.1) is 0 Å². The van der Waals surface area contributed by atoms with Crippen LogP contribution in [0.1, 0.15) is 219 Å². The Morgan fingerprint density at radius 1 is 0.250 bits per heavy atom. The highest BCUT2D eigenvalue weighted by molar-refractivity contribution is 7.60. The monoisotopic (exact) mass is 1170 g/mol. The number of hydrogen-bond acceptors (Lipinski definition) is 0. The normalized spacial score (nSPS) is 12.1. The van der Waals surface area contributed by atoms with E-state index in [0.29, 0.717) is 29.6 Å². The van der Waals surface area contributed by atoms with Crippen LogP contribution in [-0.4, -0.2) is 50.1 Å². The number of unbranched alkanes of at least 4 members (excludes halogenated alkanes) is 5. The van der Waals surface area contributed by atoms with Gasteiger partial charge in [-0.2, -0.15) is 67.5 Å². The lowest BCUT2D eigenvalue weighted by Gasteiger charge is -2.24. The zero-order valence-corrected chi connectivity index (χ0v) is 54.0. The van der Waals surface area contributed by atoms with Gasteiger partial charge in [-0.1, -0.05) is 233 Å². The van der Waals surface area contributed by atoms with Crippen molar-refractivity contribution in [1.82, 2.24) is 0 Å². The van der Waals surface area contributed by atoms with Crippen LogP contribution in [0.25, 0.3) is 0 Å². The third-order valence-electron chi connectivity index (χ3n) is 14.6. The third kappa shape index (κ3) is 39.4. The summed E-state index contributed by atoms with van der Waals surface area (Å²) >= 11 is 0. The first-order valence-electron chi connectivity index (χ1n) is 27.6. The molecular weight excluding hydrogens is 1070 g/mol. The van der Waals surface area contributed by atoms with Gasteiger partial charge in [-0.3, -0.25) is 0 Å². The molecule has 0 aliphatic heterocycles. The van der Waals surface area contributed by atoms with E-state index in [-0.39, 0.29) is 118 Å². The molecule has 0 heterocycles. The van der Waals surface area contributed by atoms with E-state index >= 15 is 0 Å². The van der Waals surface area contributed by atoms with Gasteiger partial charge in [-0.05, 0) is 186 Å². The summed E-state index contributed by atoms with van der Waals surface area (Å²) in [5, 5.41) is 0. The second-order valence-corrected chi connectivity index (χ2v) is 19.6. The Bertz CT molecular complexity index is 2110. The summed E-state index contributed by atoms with van der Waals surface area (Å²) in [4.78, 5) is 0. The first-order chi connectivity index (χ1) is 33.7. The fraction of sp³-hybridized carbons (Fsp3) is 0.441. The maximum atomic E-state index is 2.46. The lowest BCUT2D eigenvalue weighted by molar-refractivity contribution is 0.439. The minimum absolute atomic E-state index is 0. The number of benzene rings is 5. The van der Waals surface area contributed by atoms with Crippen molar-refractivity contribution in [1.29, 1.82) is 0 Å². The molecule has 5 aromatic rings. The van der Waals surface area contributed by atoms with Gasteiger partial charge < -0.3 is 16.4 Å². The molecule has 0 saturated carbocycles. The van der Waals surface area contributed by atoms with E-state index < -0.39 is 0 Å². The van der Waals surface area contributed by atoms with Crippen LogP contribution in [0, 0.1) is 0 Å². The van der Waals surface area contributed by atoms with Crippen molar-refractivity contribution in [2.45, 2.75) is 191 Å². The molecule has 5 atom stereocenters. The topological polar surface area (TPSA) is 94.5 Å². The van der Waals surface area contributed by atoms with E-state index in [1.54, 1.807) is 0 Å². The van der Waals surface area contributed by atoms with Crippen LogP contribution in [0.15, 0.2) is 200 Å². The van der Waals surface area contributed by atoms with Gasteiger partial charge >= 0.3 is 0 Å². The molecule has 0 aromatic heterocycles. The third-order valence-corrected chi connectivity index (χ3v) is 14.6. The standard InChI is InChI=1S/C68H90.4B.3H2O.5H2S/c1-3-5-6-7-8-10-13-16-24-43-61(62-46-29-20-30-47-62)44-25-17-14-11-9-12-15-18-26-45-66(63-48-31-21-32-49-63)55-39-56-68(65-52-35-23-36-53-65)58-57-67(64-50-33-22-34-51-64)54-38-37-40-59(4-2)60-41-27-19-28-42-60;;;;;;;;;;;;/h5-6,10,12-15,17,19-23,27-36,41-42,46-53,59,61,66-68H,3-4,7-9,11,16,18,24-26,37-40,43-45,54-58H2,1-2H3;;;;;8*1H2/b6-5-,13-10-,15-12-,17-14-;;;;;;;;;;;;. The molecule has 5 unspecified atom stereocenters. The highest BCUT2D eigenvalue weighted by atomic mass is 32.1. The van der Waals surface area contributed by atoms with Crippen molar-refractivity contribution in [3.05, 3.63) is 228 Å². The van der Waals surface area contributed by atoms with Crippen molar-refractivity contribution in [3.8, 4) is 0 Å². The fourth-order valence-corrected chi connectivity index (χ4v) is 10.6. The zero-order chi connectivity index (χ0) is 47.4. The molecule has 12 radical (unpaired) electrons. The summed E-state index contributed by atoms with van der Waals surface area (Å²) in [6.45, 7) is 4.56. The molecular formula is C68H106B4O3S5. The van der Waals surface area contributed by atoms with Gasteiger partial charge in [-0.25, -0.2) is 0 Å². The molecule has 3 nitrogen and oxygen atoms in total. The summed E-state index contributed by atoms with van der Waals surface area (Å²) in [7, 11) is 0. The van der Waals surface area contributed by atoms with E-state index in [4.69, 9.17) is 0 Å². The molecule has 0 fully saturated rings. The Kier molecular flexibility index (Phi) is 72.4. The molecule has 6 N–H and O–H groups in total. The molecule has 0 bridgehead atoms. The first-order valence-corrected chi connectivity index (χ1v) is 27.6. The van der Waals surface area contributed by atoms with E-state index in [1.165, 1.54) is 150 Å². The van der Waals surface area contributed by atoms with Crippen molar-refractivity contribution in [2.24, 2.45) is 0 Å². The molecule has 0 aliphatic rings. The lowest BCUT2D eigenvalue weighted by Crippen LogP contribution is -2.07. The predicted molar refractivity (Wildman–Crippen MR) is 386 cm³/mol. The molecule has 80 heavy (non-hydrogen) atoms. The van der Waals surface area contributed by atoms with E-state index in [2.05, 4.69) is 214 Å². The molecule has 12 heteroatoms. The fourth-order valence-electron chi connectivity index (χ4n) is 10.6. The molecule has 0 amide bonds. The average Bonchev–Trinajstić information content (AvgIpc) is 3.40. The van der Waals surface area contributed by atoms with E-state index in [0.717, 1.165) is 25.7 Å². The van der Waals surface area contributed by atoms with E-state index in [9.17, 15) is 0 Å². The van der Waals surface area contributed by atoms with E-state index in [1.807, 2.05) is 0 Å². The second kappa shape index (κ2) is 62.0. The second-order valence-electron chi connectivity index (χ2n) is 19.6. The maximum Gasteiger partial charge on any atom is 0 e. The Labute approximate surface area is 532 Å². The minimum Gasteiger partial charge on any atom is -0.412 e. The Balaban J connectivity index is -0.000000720. The quantitative estimate of drug-likeness (QED) is 0.0217. The van der Waals surface area contributed by atoms with Gasteiger partial charge in [0.15, 0.2) is 0 Å². The minimum atomic E-state index is 0. The average molecular weight is 1180 g/mol. The van der Waals surface area contributed by atoms with Crippen LogP contribution in [0.3, 0.4) is 0 Å². The van der Waals surface area contributed by atoms with Crippen LogP contribution in [0.5, 0.6) is 0 Å². The van der Waals surface area contributed by atoms with Crippen LogP contribution in [0.2, 0.25) is 0 Å². The van der Waals surface area contributed by atoms with Crippen molar-refractivity contribution >= 4 is 101 Å². The Morgan fingerprint density at radius 3 is 0.812 bits per heavy atom. The van der Waals surface area contributed by atoms with Gasteiger partial charge in [0.1, 0.15) is 0 Å². The molecule has 5 rings (SSSR count). The predicted octanol–water partition coefficient (Wildman–Crippen LogP) is 17.7. The van der Waals surface area contributed by atoms with Gasteiger partial charge in [0.25, 0.3) is 0 Å². The Morgan fingerprint density at radius 2 is 0.487 bits per heavy atom.